The molecule has 34 valence electrons. The summed E-state index contributed by atoms with van der Waals surface area (Å²) in [6.45, 7) is 2.05. The monoisotopic (exact) mass is 194 g/mol. The van der Waals surface area contributed by atoms with Gasteiger partial charge in [-0.25, -0.2) is 0 Å². The minimum atomic E-state index is 0.964. The van der Waals surface area contributed by atoms with E-state index in [1.165, 1.54) is 0 Å². The van der Waals surface area contributed by atoms with Gasteiger partial charge in [0.1, 0.15) is 0 Å². The summed E-state index contributed by atoms with van der Waals surface area (Å²) >= 11 is 2.24. The maximum Gasteiger partial charge on any atom is 0.0609 e. The molecule has 0 aliphatic heterocycles. The summed E-state index contributed by atoms with van der Waals surface area (Å²) in [7, 11) is 0. The van der Waals surface area contributed by atoms with E-state index >= 15 is 0 Å². The lowest BCUT2D eigenvalue weighted by molar-refractivity contribution is 1.28. The highest BCUT2D eigenvalue weighted by atomic mass is 127. The molecule has 0 aromatic carbocycles. The summed E-state index contributed by atoms with van der Waals surface area (Å²) < 4.78 is 0.964. The van der Waals surface area contributed by atoms with E-state index in [1.807, 2.05) is 0 Å². The van der Waals surface area contributed by atoms with Crippen LogP contribution in [0.5, 0.6) is 0 Å². The molecule has 0 aliphatic rings. The molecule has 0 aliphatic carbocycles. The highest BCUT2D eigenvalue weighted by Gasteiger charge is 1.57. The van der Waals surface area contributed by atoms with Gasteiger partial charge in [-0.15, -0.1) is 5.92 Å². The van der Waals surface area contributed by atoms with Gasteiger partial charge in [0, 0.05) is 6.42 Å². The zero-order valence-electron chi connectivity index (χ0n) is 3.79. The van der Waals surface area contributed by atoms with E-state index < -0.39 is 0 Å². The molecular weight excluding hydrogens is 187 g/mol. The van der Waals surface area contributed by atoms with Crippen molar-refractivity contribution in [3.63, 3.8) is 0 Å². The molecule has 0 amide bonds. The summed E-state index contributed by atoms with van der Waals surface area (Å²) in [6.07, 6.45) is 0.989. The lowest BCUT2D eigenvalue weighted by Crippen LogP contribution is -1.56. The number of alkyl halides is 1. The summed E-state index contributed by atoms with van der Waals surface area (Å²) in [5.41, 5.74) is 0. The third kappa shape index (κ3) is 4.29. The van der Waals surface area contributed by atoms with Gasteiger partial charge in [-0.05, 0) is 0 Å². The van der Waals surface area contributed by atoms with Crippen molar-refractivity contribution in [2.24, 2.45) is 0 Å². The summed E-state index contributed by atoms with van der Waals surface area (Å²) in [5.74, 6) is 5.88. The van der Waals surface area contributed by atoms with E-state index in [0.717, 1.165) is 10.8 Å². The Morgan fingerprint density at radius 3 is 2.33 bits per heavy atom. The molecule has 0 spiro atoms. The Balaban J connectivity index is 2.90. The first-order valence-electron chi connectivity index (χ1n) is 1.93. The van der Waals surface area contributed by atoms with Crippen LogP contribution in [0.4, 0.5) is 0 Å². The Morgan fingerprint density at radius 2 is 2.17 bits per heavy atom. The van der Waals surface area contributed by atoms with Crippen LogP contribution in [0.15, 0.2) is 0 Å². The van der Waals surface area contributed by atoms with E-state index in [0.29, 0.717) is 0 Å². The van der Waals surface area contributed by atoms with Crippen LogP contribution < -0.4 is 0 Å². The van der Waals surface area contributed by atoms with E-state index in [-0.39, 0.29) is 0 Å². The molecule has 0 atom stereocenters. The van der Waals surface area contributed by atoms with Gasteiger partial charge in [-0.1, -0.05) is 35.4 Å². The van der Waals surface area contributed by atoms with Gasteiger partial charge in [0.2, 0.25) is 0 Å². The topological polar surface area (TPSA) is 0 Å². The van der Waals surface area contributed by atoms with Crippen LogP contribution in [0, 0.1) is 11.8 Å². The molecule has 0 nitrogen and oxygen atoms in total. The van der Waals surface area contributed by atoms with Crippen molar-refractivity contribution in [2.75, 3.05) is 4.43 Å². The fourth-order valence-electron chi connectivity index (χ4n) is 0.172. The second-order valence-electron chi connectivity index (χ2n) is 0.841. The number of rotatable bonds is 0. The molecule has 0 rings (SSSR count). The fourth-order valence-corrected chi connectivity index (χ4v) is 0.442. The van der Waals surface area contributed by atoms with Crippen molar-refractivity contribution >= 4 is 22.6 Å². The highest BCUT2D eigenvalue weighted by Crippen LogP contribution is 1.75. The Bertz CT molecular complexity index is 57.7. The van der Waals surface area contributed by atoms with Gasteiger partial charge in [-0.3, -0.25) is 0 Å². The van der Waals surface area contributed by atoms with Crippen molar-refractivity contribution in [3.8, 4) is 11.8 Å². The third-order valence-electron chi connectivity index (χ3n) is 0.369. The number of halogens is 1. The predicted molar refractivity (Wildman–Crippen MR) is 37.0 cm³/mol. The Hall–Kier alpha value is 0.290. The predicted octanol–water partition coefficient (Wildman–Crippen LogP) is 1.83. The van der Waals surface area contributed by atoms with Crippen LogP contribution in [0.3, 0.4) is 0 Å². The zero-order valence-corrected chi connectivity index (χ0v) is 5.95. The van der Waals surface area contributed by atoms with Crippen molar-refractivity contribution in [2.45, 2.75) is 13.3 Å². The van der Waals surface area contributed by atoms with E-state index in [2.05, 4.69) is 41.4 Å². The van der Waals surface area contributed by atoms with Crippen LogP contribution in [0.25, 0.3) is 0 Å². The molecule has 0 unspecified atom stereocenters. The van der Waals surface area contributed by atoms with Crippen LogP contribution in [-0.4, -0.2) is 4.43 Å². The molecule has 0 aromatic heterocycles. The molecule has 0 heterocycles. The number of hydrogen-bond acceptors (Lipinski definition) is 0. The van der Waals surface area contributed by atoms with Gasteiger partial charge in [0.15, 0.2) is 0 Å². The van der Waals surface area contributed by atoms with Crippen molar-refractivity contribution in [1.82, 2.24) is 0 Å². The third-order valence-corrected chi connectivity index (χ3v) is 0.750. The Kier molecular flexibility index (Phi) is 5.55. The minimum absolute atomic E-state index is 0.964. The Labute approximate surface area is 52.5 Å². The van der Waals surface area contributed by atoms with Gasteiger partial charge in [0.25, 0.3) is 0 Å². The van der Waals surface area contributed by atoms with Crippen LogP contribution in [0.1, 0.15) is 13.3 Å². The Morgan fingerprint density at radius 1 is 1.50 bits per heavy atom. The maximum absolute atomic E-state index is 2.94. The average molecular weight is 194 g/mol. The SMILES string of the molecule is CCC#CCI. The number of hydrogen-bond donors (Lipinski definition) is 0. The molecule has 0 N–H and O–H groups in total. The molecule has 6 heavy (non-hydrogen) atoms. The summed E-state index contributed by atoms with van der Waals surface area (Å²) in [4.78, 5) is 0. The molecule has 0 aromatic rings. The molecular formula is C5H7I. The van der Waals surface area contributed by atoms with Gasteiger partial charge >= 0.3 is 0 Å². The lowest BCUT2D eigenvalue weighted by atomic mass is 10.5. The molecule has 0 saturated heterocycles. The minimum Gasteiger partial charge on any atom is -0.103 e. The first-order chi connectivity index (χ1) is 2.91. The maximum atomic E-state index is 2.94. The van der Waals surface area contributed by atoms with Crippen molar-refractivity contribution in [1.29, 1.82) is 0 Å². The fraction of sp³-hybridized carbons (Fsp3) is 0.600. The van der Waals surface area contributed by atoms with E-state index in [9.17, 15) is 0 Å². The molecule has 1 heteroatoms. The van der Waals surface area contributed by atoms with Crippen LogP contribution in [0.2, 0.25) is 0 Å². The van der Waals surface area contributed by atoms with Gasteiger partial charge in [0.05, 0.1) is 4.43 Å². The van der Waals surface area contributed by atoms with Gasteiger partial charge in [-0.2, -0.15) is 0 Å². The average Bonchev–Trinajstić information content (AvgIpc) is 1.61. The molecule has 0 fully saturated rings. The first-order valence-corrected chi connectivity index (χ1v) is 3.46. The molecule has 0 radical (unpaired) electrons. The summed E-state index contributed by atoms with van der Waals surface area (Å²) in [5, 5.41) is 0. The largest absolute Gasteiger partial charge is 0.103 e. The summed E-state index contributed by atoms with van der Waals surface area (Å²) in [6, 6.07) is 0. The van der Waals surface area contributed by atoms with E-state index in [1.54, 1.807) is 0 Å². The quantitative estimate of drug-likeness (QED) is 0.313. The van der Waals surface area contributed by atoms with Gasteiger partial charge < -0.3 is 0 Å². The lowest BCUT2D eigenvalue weighted by Gasteiger charge is -1.64. The second-order valence-corrected chi connectivity index (χ2v) is 1.60. The normalized spacial score (nSPS) is 6.33. The standard InChI is InChI=1S/C5H7I/c1-2-3-4-5-6/h2,5H2,1H3. The van der Waals surface area contributed by atoms with Crippen LogP contribution >= 0.6 is 22.6 Å². The molecule has 0 saturated carbocycles. The highest BCUT2D eigenvalue weighted by molar-refractivity contribution is 14.1. The van der Waals surface area contributed by atoms with Crippen LogP contribution in [-0.2, 0) is 0 Å². The second kappa shape index (κ2) is 5.29. The van der Waals surface area contributed by atoms with Crippen molar-refractivity contribution in [3.05, 3.63) is 0 Å². The first kappa shape index (κ1) is 6.29. The van der Waals surface area contributed by atoms with E-state index in [4.69, 9.17) is 0 Å². The smallest absolute Gasteiger partial charge is 0.0609 e. The molecule has 0 bridgehead atoms. The van der Waals surface area contributed by atoms with Crippen molar-refractivity contribution < 1.29 is 0 Å². The zero-order chi connectivity index (χ0) is 4.83.